The van der Waals surface area contributed by atoms with Gasteiger partial charge in [0.2, 0.25) is 0 Å². The van der Waals surface area contributed by atoms with Gasteiger partial charge in [-0.3, -0.25) is 4.79 Å². The molecule has 0 radical (unpaired) electrons. The van der Waals surface area contributed by atoms with Crippen LogP contribution in [0.15, 0.2) is 24.3 Å². The molecule has 3 nitrogen and oxygen atoms in total. The highest BCUT2D eigenvalue weighted by Gasteiger charge is 2.55. The molecule has 23 heavy (non-hydrogen) atoms. The number of carbonyl (C=O) groups is 1. The van der Waals surface area contributed by atoms with Gasteiger partial charge in [0.05, 0.1) is 19.1 Å². The highest BCUT2D eigenvalue weighted by Crippen LogP contribution is 2.60. The van der Waals surface area contributed by atoms with E-state index in [2.05, 4.69) is 32.6 Å². The third-order valence-electron chi connectivity index (χ3n) is 7.02. The zero-order valence-electron chi connectivity index (χ0n) is 14.7. The lowest BCUT2D eigenvalue weighted by Crippen LogP contribution is -2.52. The average Bonchev–Trinajstić information content (AvgIpc) is 2.52. The molecule has 2 saturated carbocycles. The van der Waals surface area contributed by atoms with Crippen LogP contribution in [0.25, 0.3) is 0 Å². The topological polar surface area (TPSA) is 46.5 Å². The van der Waals surface area contributed by atoms with Gasteiger partial charge in [0.1, 0.15) is 0 Å². The second-order valence-electron chi connectivity index (χ2n) is 8.48. The number of rotatable bonds is 2. The van der Waals surface area contributed by atoms with Crippen molar-refractivity contribution in [1.29, 1.82) is 0 Å². The molecule has 0 amide bonds. The van der Waals surface area contributed by atoms with Crippen molar-refractivity contribution in [2.75, 3.05) is 7.11 Å². The maximum absolute atomic E-state index is 12.3. The minimum Gasteiger partial charge on any atom is -0.469 e. The Kier molecular flexibility index (Phi) is 4.20. The van der Waals surface area contributed by atoms with E-state index in [1.165, 1.54) is 12.7 Å². The molecule has 0 unspecified atom stereocenters. The Morgan fingerprint density at radius 1 is 1.48 bits per heavy atom. The molecule has 0 bridgehead atoms. The zero-order chi connectivity index (χ0) is 16.8. The third-order valence-corrected chi connectivity index (χ3v) is 7.02. The van der Waals surface area contributed by atoms with E-state index in [1.54, 1.807) is 0 Å². The SMILES string of the molecule is C=C[C@@]1(C)CC[C@H]2C(=CC[C@H]3[C@H](C(=O)OC)C[C@@H](O)C[C@]23C)C1. The summed E-state index contributed by atoms with van der Waals surface area (Å²) in [6.07, 6.45) is 9.71. The van der Waals surface area contributed by atoms with E-state index in [1.807, 2.05) is 0 Å². The molecule has 0 aromatic heterocycles. The Labute approximate surface area is 139 Å². The number of aliphatic hydroxyl groups excluding tert-OH is 1. The molecule has 3 heteroatoms. The van der Waals surface area contributed by atoms with Gasteiger partial charge < -0.3 is 9.84 Å². The van der Waals surface area contributed by atoms with Crippen LogP contribution in [0.4, 0.5) is 0 Å². The van der Waals surface area contributed by atoms with Crippen molar-refractivity contribution in [2.45, 2.75) is 58.5 Å². The predicted octanol–water partition coefficient (Wildman–Crippen LogP) is 3.88. The van der Waals surface area contributed by atoms with Gasteiger partial charge in [-0.1, -0.05) is 31.6 Å². The van der Waals surface area contributed by atoms with Gasteiger partial charge in [-0.15, -0.1) is 6.58 Å². The van der Waals surface area contributed by atoms with Crippen LogP contribution in [-0.2, 0) is 9.53 Å². The lowest BCUT2D eigenvalue weighted by molar-refractivity contribution is -0.158. The van der Waals surface area contributed by atoms with Crippen molar-refractivity contribution in [3.8, 4) is 0 Å². The molecule has 0 aromatic rings. The van der Waals surface area contributed by atoms with Crippen LogP contribution in [0.3, 0.4) is 0 Å². The van der Waals surface area contributed by atoms with E-state index in [-0.39, 0.29) is 22.7 Å². The summed E-state index contributed by atoms with van der Waals surface area (Å²) in [7, 11) is 1.46. The molecule has 3 aliphatic rings. The normalized spacial score (nSPS) is 46.2. The van der Waals surface area contributed by atoms with Crippen LogP contribution in [0.2, 0.25) is 0 Å². The van der Waals surface area contributed by atoms with Crippen molar-refractivity contribution >= 4 is 5.97 Å². The van der Waals surface area contributed by atoms with Crippen molar-refractivity contribution in [3.05, 3.63) is 24.3 Å². The van der Waals surface area contributed by atoms with Crippen LogP contribution < -0.4 is 0 Å². The molecular formula is C20H30O3. The van der Waals surface area contributed by atoms with E-state index in [0.29, 0.717) is 18.3 Å². The van der Waals surface area contributed by atoms with Crippen molar-refractivity contribution in [2.24, 2.45) is 28.6 Å². The fourth-order valence-electron chi connectivity index (χ4n) is 5.66. The fourth-order valence-corrected chi connectivity index (χ4v) is 5.66. The summed E-state index contributed by atoms with van der Waals surface area (Å²) >= 11 is 0. The molecule has 6 atom stereocenters. The number of hydrogen-bond donors (Lipinski definition) is 1. The van der Waals surface area contributed by atoms with Crippen molar-refractivity contribution < 1.29 is 14.6 Å². The Hall–Kier alpha value is -1.09. The van der Waals surface area contributed by atoms with E-state index < -0.39 is 6.10 Å². The number of ether oxygens (including phenoxy) is 1. The molecule has 128 valence electrons. The average molecular weight is 318 g/mol. The van der Waals surface area contributed by atoms with Crippen molar-refractivity contribution in [3.63, 3.8) is 0 Å². The molecule has 0 aromatic carbocycles. The first-order chi connectivity index (χ1) is 10.8. The van der Waals surface area contributed by atoms with Gasteiger partial charge in [-0.2, -0.15) is 0 Å². The summed E-state index contributed by atoms with van der Waals surface area (Å²) in [5, 5.41) is 10.4. The predicted molar refractivity (Wildman–Crippen MR) is 90.7 cm³/mol. The fraction of sp³-hybridized carbons (Fsp3) is 0.750. The monoisotopic (exact) mass is 318 g/mol. The molecule has 0 spiro atoms. The maximum atomic E-state index is 12.3. The minimum atomic E-state index is -0.396. The summed E-state index contributed by atoms with van der Waals surface area (Å²) in [6.45, 7) is 8.61. The van der Waals surface area contributed by atoms with Crippen molar-refractivity contribution in [1.82, 2.24) is 0 Å². The first-order valence-corrected chi connectivity index (χ1v) is 8.91. The highest BCUT2D eigenvalue weighted by molar-refractivity contribution is 5.73. The van der Waals surface area contributed by atoms with Gasteiger partial charge in [-0.25, -0.2) is 0 Å². The van der Waals surface area contributed by atoms with Crippen LogP contribution >= 0.6 is 0 Å². The molecule has 3 aliphatic carbocycles. The maximum Gasteiger partial charge on any atom is 0.309 e. The highest BCUT2D eigenvalue weighted by atomic mass is 16.5. The lowest BCUT2D eigenvalue weighted by Gasteiger charge is -2.56. The van der Waals surface area contributed by atoms with Gasteiger partial charge in [0, 0.05) is 0 Å². The number of methoxy groups -OCH3 is 1. The summed E-state index contributed by atoms with van der Waals surface area (Å²) in [5.41, 5.74) is 1.72. The first kappa shape index (κ1) is 16.8. The summed E-state index contributed by atoms with van der Waals surface area (Å²) < 4.78 is 5.03. The van der Waals surface area contributed by atoms with E-state index in [0.717, 1.165) is 32.1 Å². The number of fused-ring (bicyclic) bond motifs is 3. The smallest absolute Gasteiger partial charge is 0.309 e. The summed E-state index contributed by atoms with van der Waals surface area (Å²) in [4.78, 5) is 12.3. The molecule has 1 N–H and O–H groups in total. The van der Waals surface area contributed by atoms with E-state index >= 15 is 0 Å². The van der Waals surface area contributed by atoms with E-state index in [4.69, 9.17) is 4.74 Å². The van der Waals surface area contributed by atoms with Gasteiger partial charge in [-0.05, 0) is 61.2 Å². The van der Waals surface area contributed by atoms with Crippen LogP contribution in [-0.4, -0.2) is 24.3 Å². The second kappa shape index (κ2) is 5.77. The van der Waals surface area contributed by atoms with Crippen LogP contribution in [0, 0.1) is 28.6 Å². The number of carbonyl (C=O) groups excluding carboxylic acids is 1. The zero-order valence-corrected chi connectivity index (χ0v) is 14.7. The quantitative estimate of drug-likeness (QED) is 0.621. The lowest BCUT2D eigenvalue weighted by atomic mass is 9.48. The molecule has 0 saturated heterocycles. The standard InChI is InChI=1S/C20H30O3/c1-5-19(2)9-8-16-13(11-19)6-7-17-15(18(22)23-4)10-14(21)12-20(16,17)3/h5-6,14-17,21H,1,7-12H2,2-4H3/t14-,15-,16+,17+,19+,20-/m1/s1. The largest absolute Gasteiger partial charge is 0.469 e. The third kappa shape index (κ3) is 2.67. The van der Waals surface area contributed by atoms with Gasteiger partial charge in [0.15, 0.2) is 0 Å². The molecule has 3 rings (SSSR count). The molecule has 2 fully saturated rings. The molecule has 0 heterocycles. The van der Waals surface area contributed by atoms with Gasteiger partial charge in [0.25, 0.3) is 0 Å². The number of hydrogen-bond acceptors (Lipinski definition) is 3. The summed E-state index contributed by atoms with van der Waals surface area (Å²) in [5.74, 6) is 0.458. The van der Waals surface area contributed by atoms with E-state index in [9.17, 15) is 9.90 Å². The van der Waals surface area contributed by atoms with Crippen LogP contribution in [0.5, 0.6) is 0 Å². The summed E-state index contributed by atoms with van der Waals surface area (Å²) in [6, 6.07) is 0. The number of allylic oxidation sites excluding steroid dienone is 3. The molecular weight excluding hydrogens is 288 g/mol. The minimum absolute atomic E-state index is 0.00308. The Bertz CT molecular complexity index is 537. The Morgan fingerprint density at radius 2 is 2.22 bits per heavy atom. The Balaban J connectivity index is 1.94. The second-order valence-corrected chi connectivity index (χ2v) is 8.48. The number of aliphatic hydroxyl groups is 1. The first-order valence-electron chi connectivity index (χ1n) is 8.91. The molecule has 0 aliphatic heterocycles. The Morgan fingerprint density at radius 3 is 2.87 bits per heavy atom. The van der Waals surface area contributed by atoms with Gasteiger partial charge >= 0.3 is 5.97 Å². The van der Waals surface area contributed by atoms with Crippen LogP contribution in [0.1, 0.15) is 52.4 Å². The number of esters is 1.